The van der Waals surface area contributed by atoms with E-state index < -0.39 is 36.2 Å². The number of hydrogen-bond donors (Lipinski definition) is 2. The summed E-state index contributed by atoms with van der Waals surface area (Å²) in [5.74, 6) is -3.51. The molecule has 0 atom stereocenters. The molecule has 1 fully saturated rings. The molecule has 0 saturated carbocycles. The van der Waals surface area contributed by atoms with Crippen LogP contribution in [0.1, 0.15) is 5.56 Å². The number of imide groups is 2. The minimum absolute atomic E-state index is 0.277. The van der Waals surface area contributed by atoms with Gasteiger partial charge < -0.3 is 9.84 Å². The molecule has 8 nitrogen and oxygen atoms in total. The molecule has 0 aliphatic carbocycles. The molecule has 142 valence electrons. The summed E-state index contributed by atoms with van der Waals surface area (Å²) in [6, 6.07) is 10.1. The van der Waals surface area contributed by atoms with Crippen LogP contribution in [0.15, 0.2) is 54.1 Å². The van der Waals surface area contributed by atoms with E-state index in [1.807, 2.05) is 5.32 Å². The molecule has 0 unspecified atom stereocenters. The average Bonchev–Trinajstić information content (AvgIpc) is 2.65. The number of ether oxygens (including phenoxy) is 1. The van der Waals surface area contributed by atoms with Gasteiger partial charge in [-0.2, -0.15) is 0 Å². The van der Waals surface area contributed by atoms with Gasteiger partial charge in [-0.05, 0) is 35.9 Å². The largest absolute Gasteiger partial charge is 0.482 e. The van der Waals surface area contributed by atoms with E-state index in [0.29, 0.717) is 10.5 Å². The SMILES string of the molecule is O=C(O)COc1ccc(/C=C2/C(=O)NC(=O)N(c3ccccc3F)C2=O)cc1. The molecule has 0 aromatic heterocycles. The van der Waals surface area contributed by atoms with Crippen LogP contribution in [0.3, 0.4) is 0 Å². The number of benzene rings is 2. The fourth-order valence-corrected chi connectivity index (χ4v) is 2.48. The molecule has 1 aliphatic rings. The maximum absolute atomic E-state index is 14.0. The number of hydrogen-bond acceptors (Lipinski definition) is 5. The second-order valence-electron chi connectivity index (χ2n) is 5.66. The lowest BCUT2D eigenvalue weighted by atomic mass is 10.1. The van der Waals surface area contributed by atoms with E-state index >= 15 is 0 Å². The number of amides is 4. The van der Waals surface area contributed by atoms with Gasteiger partial charge >= 0.3 is 12.0 Å². The van der Waals surface area contributed by atoms with Crippen molar-refractivity contribution in [3.63, 3.8) is 0 Å². The van der Waals surface area contributed by atoms with Crippen molar-refractivity contribution in [2.75, 3.05) is 11.5 Å². The average molecular weight is 384 g/mol. The number of barbiturate groups is 1. The second kappa shape index (κ2) is 7.70. The first-order valence-electron chi connectivity index (χ1n) is 7.97. The summed E-state index contributed by atoms with van der Waals surface area (Å²) < 4.78 is 19.0. The lowest BCUT2D eigenvalue weighted by Gasteiger charge is -2.26. The van der Waals surface area contributed by atoms with Gasteiger partial charge in [-0.15, -0.1) is 0 Å². The second-order valence-corrected chi connectivity index (χ2v) is 5.66. The summed E-state index contributed by atoms with van der Waals surface area (Å²) in [5, 5.41) is 10.6. The predicted octanol–water partition coefficient (Wildman–Crippen LogP) is 1.96. The van der Waals surface area contributed by atoms with E-state index in [0.717, 1.165) is 6.07 Å². The number of nitrogens with zero attached hydrogens (tertiary/aromatic N) is 1. The smallest absolute Gasteiger partial charge is 0.341 e. The van der Waals surface area contributed by atoms with Gasteiger partial charge in [0.2, 0.25) is 0 Å². The Morgan fingerprint density at radius 3 is 2.43 bits per heavy atom. The minimum Gasteiger partial charge on any atom is -0.482 e. The van der Waals surface area contributed by atoms with Gasteiger partial charge in [-0.3, -0.25) is 14.9 Å². The summed E-state index contributed by atoms with van der Waals surface area (Å²) in [4.78, 5) is 47.9. The van der Waals surface area contributed by atoms with Crippen LogP contribution in [0.4, 0.5) is 14.9 Å². The van der Waals surface area contributed by atoms with Crippen molar-refractivity contribution in [1.82, 2.24) is 5.32 Å². The van der Waals surface area contributed by atoms with Crippen molar-refractivity contribution in [2.24, 2.45) is 0 Å². The topological polar surface area (TPSA) is 113 Å². The number of rotatable bonds is 5. The molecule has 1 aliphatic heterocycles. The van der Waals surface area contributed by atoms with Crippen molar-refractivity contribution in [2.45, 2.75) is 0 Å². The molecule has 0 radical (unpaired) electrons. The first kappa shape index (κ1) is 18.8. The summed E-state index contributed by atoms with van der Waals surface area (Å²) >= 11 is 0. The zero-order valence-corrected chi connectivity index (χ0v) is 14.2. The van der Waals surface area contributed by atoms with Crippen LogP contribution in [0.5, 0.6) is 5.75 Å². The fraction of sp³-hybridized carbons (Fsp3) is 0.0526. The third-order valence-electron chi connectivity index (χ3n) is 3.75. The highest BCUT2D eigenvalue weighted by atomic mass is 19.1. The zero-order chi connectivity index (χ0) is 20.3. The first-order chi connectivity index (χ1) is 13.4. The van der Waals surface area contributed by atoms with E-state index in [2.05, 4.69) is 0 Å². The van der Waals surface area contributed by atoms with Crippen LogP contribution in [0, 0.1) is 5.82 Å². The molecular weight excluding hydrogens is 371 g/mol. The van der Waals surface area contributed by atoms with E-state index in [-0.39, 0.29) is 17.0 Å². The standard InChI is InChI=1S/C19H13FN2O6/c20-14-3-1-2-4-15(14)22-18(26)13(17(25)21-19(22)27)9-11-5-7-12(8-6-11)28-10-16(23)24/h1-9H,10H2,(H,23,24)(H,21,25,27)/b13-9-. The maximum atomic E-state index is 14.0. The maximum Gasteiger partial charge on any atom is 0.341 e. The number of nitrogens with one attached hydrogen (secondary N) is 1. The van der Waals surface area contributed by atoms with Gasteiger partial charge in [-0.1, -0.05) is 24.3 Å². The number of carboxylic acids is 1. The van der Waals surface area contributed by atoms with Crippen molar-refractivity contribution >= 4 is 35.6 Å². The molecule has 1 heterocycles. The lowest BCUT2D eigenvalue weighted by Crippen LogP contribution is -2.54. The summed E-state index contributed by atoms with van der Waals surface area (Å²) in [7, 11) is 0. The third kappa shape index (κ3) is 3.88. The Morgan fingerprint density at radius 2 is 1.79 bits per heavy atom. The molecule has 2 N–H and O–H groups in total. The van der Waals surface area contributed by atoms with Crippen LogP contribution in [-0.2, 0) is 14.4 Å². The van der Waals surface area contributed by atoms with Gasteiger partial charge in [0.1, 0.15) is 17.1 Å². The molecule has 2 aromatic carbocycles. The van der Waals surface area contributed by atoms with E-state index in [1.54, 1.807) is 0 Å². The van der Waals surface area contributed by atoms with Crippen molar-refractivity contribution in [3.05, 3.63) is 65.5 Å². The summed E-state index contributed by atoms with van der Waals surface area (Å²) in [5.41, 5.74) is -0.216. The molecule has 2 aromatic rings. The number of carboxylic acid groups (broad SMARTS) is 1. The molecule has 3 rings (SSSR count). The van der Waals surface area contributed by atoms with Gasteiger partial charge in [0.25, 0.3) is 11.8 Å². The van der Waals surface area contributed by atoms with Crippen LogP contribution < -0.4 is 15.0 Å². The predicted molar refractivity (Wildman–Crippen MR) is 95.0 cm³/mol. The highest BCUT2D eigenvalue weighted by Gasteiger charge is 2.37. The highest BCUT2D eigenvalue weighted by Crippen LogP contribution is 2.24. The van der Waals surface area contributed by atoms with E-state index in [4.69, 9.17) is 9.84 Å². The van der Waals surface area contributed by atoms with Crippen molar-refractivity contribution in [3.8, 4) is 5.75 Å². The minimum atomic E-state index is -1.13. The van der Waals surface area contributed by atoms with E-state index in [9.17, 15) is 23.6 Å². The highest BCUT2D eigenvalue weighted by molar-refractivity contribution is 6.39. The van der Waals surface area contributed by atoms with Gasteiger partial charge in [-0.25, -0.2) is 18.9 Å². The number of para-hydroxylation sites is 1. The Bertz CT molecular complexity index is 1000. The zero-order valence-electron chi connectivity index (χ0n) is 14.2. The third-order valence-corrected chi connectivity index (χ3v) is 3.75. The molecule has 0 bridgehead atoms. The summed E-state index contributed by atoms with van der Waals surface area (Å²) in [6.45, 7) is -0.513. The number of anilines is 1. The quantitative estimate of drug-likeness (QED) is 0.602. The number of carbonyl (C=O) groups is 4. The van der Waals surface area contributed by atoms with Gasteiger partial charge in [0, 0.05) is 0 Å². The van der Waals surface area contributed by atoms with Gasteiger partial charge in [0.15, 0.2) is 6.61 Å². The normalized spacial score (nSPS) is 15.5. The summed E-state index contributed by atoms with van der Waals surface area (Å²) in [6.07, 6.45) is 1.24. The number of urea groups is 1. The van der Waals surface area contributed by atoms with Crippen LogP contribution in [0.25, 0.3) is 6.08 Å². The number of carbonyl (C=O) groups excluding carboxylic acids is 3. The number of halogens is 1. The van der Waals surface area contributed by atoms with E-state index in [1.165, 1.54) is 48.5 Å². The van der Waals surface area contributed by atoms with Crippen LogP contribution >= 0.6 is 0 Å². The Labute approximate surface area is 157 Å². The van der Waals surface area contributed by atoms with Crippen molar-refractivity contribution < 1.29 is 33.4 Å². The van der Waals surface area contributed by atoms with Crippen molar-refractivity contribution in [1.29, 1.82) is 0 Å². The Morgan fingerprint density at radius 1 is 1.11 bits per heavy atom. The molecule has 0 spiro atoms. The van der Waals surface area contributed by atoms with Crippen LogP contribution in [-0.4, -0.2) is 35.5 Å². The molecule has 9 heteroatoms. The molecular formula is C19H13FN2O6. The van der Waals surface area contributed by atoms with Crippen LogP contribution in [0.2, 0.25) is 0 Å². The fourth-order valence-electron chi connectivity index (χ4n) is 2.48. The monoisotopic (exact) mass is 384 g/mol. The molecule has 1 saturated heterocycles. The Hall–Kier alpha value is -4.01. The number of aliphatic carboxylic acids is 1. The Kier molecular flexibility index (Phi) is 5.16. The lowest BCUT2D eigenvalue weighted by molar-refractivity contribution is -0.139. The molecule has 4 amide bonds. The molecule has 28 heavy (non-hydrogen) atoms. The Balaban J connectivity index is 1.89. The van der Waals surface area contributed by atoms with Gasteiger partial charge in [0.05, 0.1) is 5.69 Å². The first-order valence-corrected chi connectivity index (χ1v) is 7.97.